The molecule has 0 spiro atoms. The Bertz CT molecular complexity index is 602. The molecule has 1 saturated heterocycles. The molecule has 23 heavy (non-hydrogen) atoms. The van der Waals surface area contributed by atoms with E-state index >= 15 is 0 Å². The van der Waals surface area contributed by atoms with Crippen LogP contribution in [0.25, 0.3) is 0 Å². The molecule has 0 saturated carbocycles. The number of carbonyl (C=O) groups is 3. The van der Waals surface area contributed by atoms with E-state index in [1.807, 2.05) is 0 Å². The van der Waals surface area contributed by atoms with Crippen LogP contribution in [0, 0.1) is 5.92 Å². The van der Waals surface area contributed by atoms with Gasteiger partial charge in [-0.2, -0.15) is 0 Å². The van der Waals surface area contributed by atoms with E-state index in [-0.39, 0.29) is 25.5 Å². The van der Waals surface area contributed by atoms with E-state index in [1.54, 1.807) is 23.1 Å². The number of carbonyl (C=O) groups excluding carboxylic acids is 2. The second kappa shape index (κ2) is 7.62. The fourth-order valence-electron chi connectivity index (χ4n) is 2.56. The predicted octanol–water partition coefficient (Wildman–Crippen LogP) is 0.878. The van der Waals surface area contributed by atoms with Gasteiger partial charge in [0.1, 0.15) is 5.75 Å². The van der Waals surface area contributed by atoms with E-state index in [2.05, 4.69) is 0 Å². The molecule has 1 heterocycles. The van der Waals surface area contributed by atoms with E-state index in [4.69, 9.17) is 15.6 Å². The monoisotopic (exact) mass is 320 g/mol. The topological polar surface area (TPSA) is 110 Å². The third kappa shape index (κ3) is 4.70. The summed E-state index contributed by atoms with van der Waals surface area (Å²) < 4.78 is 5.46. The third-order valence-corrected chi connectivity index (χ3v) is 3.83. The molecule has 0 bridgehead atoms. The number of benzene rings is 1. The number of likely N-dealkylation sites (tertiary alicyclic amines) is 1. The fourth-order valence-corrected chi connectivity index (χ4v) is 2.56. The number of nitrogens with two attached hydrogens (primary N) is 1. The van der Waals surface area contributed by atoms with E-state index in [1.165, 1.54) is 6.07 Å². The van der Waals surface area contributed by atoms with Crippen LogP contribution in [0.5, 0.6) is 5.75 Å². The Morgan fingerprint density at radius 3 is 2.83 bits per heavy atom. The molecule has 7 nitrogen and oxygen atoms in total. The standard InChI is InChI=1S/C16H20N2O5/c17-15(20)11-3-1-5-13(9-11)23-8-6-14(19)18-7-2-4-12(10-18)16(21)22/h1,3,5,9,12H,2,4,6-8,10H2,(H2,17,20)(H,21,22). The van der Waals surface area contributed by atoms with Gasteiger partial charge in [0.2, 0.25) is 11.8 Å². The maximum absolute atomic E-state index is 12.1. The van der Waals surface area contributed by atoms with Crippen LogP contribution >= 0.6 is 0 Å². The molecule has 1 fully saturated rings. The molecule has 0 radical (unpaired) electrons. The molecule has 1 aliphatic rings. The second-order valence-electron chi connectivity index (χ2n) is 5.51. The van der Waals surface area contributed by atoms with Crippen molar-refractivity contribution in [2.24, 2.45) is 11.7 Å². The van der Waals surface area contributed by atoms with Crippen molar-refractivity contribution in [1.82, 2.24) is 4.90 Å². The molecule has 1 atom stereocenters. The summed E-state index contributed by atoms with van der Waals surface area (Å²) in [6, 6.07) is 6.44. The minimum Gasteiger partial charge on any atom is -0.493 e. The van der Waals surface area contributed by atoms with Crippen LogP contribution in [-0.4, -0.2) is 47.5 Å². The summed E-state index contributed by atoms with van der Waals surface area (Å²) in [6.45, 7) is 1.00. The van der Waals surface area contributed by atoms with Crippen molar-refractivity contribution in [1.29, 1.82) is 0 Å². The van der Waals surface area contributed by atoms with Crippen LogP contribution in [0.4, 0.5) is 0 Å². The Balaban J connectivity index is 1.81. The molecule has 0 aliphatic carbocycles. The SMILES string of the molecule is NC(=O)c1cccc(OCCC(=O)N2CCCC(C(=O)O)C2)c1. The zero-order valence-electron chi connectivity index (χ0n) is 12.7. The summed E-state index contributed by atoms with van der Waals surface area (Å²) in [7, 11) is 0. The summed E-state index contributed by atoms with van der Waals surface area (Å²) in [4.78, 5) is 35.8. The lowest BCUT2D eigenvalue weighted by Crippen LogP contribution is -2.42. The van der Waals surface area contributed by atoms with Crippen LogP contribution in [0.15, 0.2) is 24.3 Å². The molecule has 1 aromatic rings. The lowest BCUT2D eigenvalue weighted by molar-refractivity contribution is -0.145. The smallest absolute Gasteiger partial charge is 0.308 e. The molecule has 7 heteroatoms. The lowest BCUT2D eigenvalue weighted by Gasteiger charge is -2.30. The Morgan fingerprint density at radius 2 is 2.13 bits per heavy atom. The number of carboxylic acid groups (broad SMARTS) is 1. The van der Waals surface area contributed by atoms with Crippen molar-refractivity contribution in [2.75, 3.05) is 19.7 Å². The first-order valence-corrected chi connectivity index (χ1v) is 7.50. The molecule has 1 aliphatic heterocycles. The third-order valence-electron chi connectivity index (χ3n) is 3.83. The molecular weight excluding hydrogens is 300 g/mol. The number of piperidine rings is 1. The minimum absolute atomic E-state index is 0.123. The summed E-state index contributed by atoms with van der Waals surface area (Å²) >= 11 is 0. The van der Waals surface area contributed by atoms with Gasteiger partial charge in [0.15, 0.2) is 0 Å². The second-order valence-corrected chi connectivity index (χ2v) is 5.51. The Kier molecular flexibility index (Phi) is 5.56. The number of aliphatic carboxylic acids is 1. The van der Waals surface area contributed by atoms with Crippen LogP contribution in [0.1, 0.15) is 29.6 Å². The van der Waals surface area contributed by atoms with Crippen LogP contribution in [-0.2, 0) is 9.59 Å². The number of ether oxygens (including phenoxy) is 1. The van der Waals surface area contributed by atoms with Crippen molar-refractivity contribution in [3.8, 4) is 5.75 Å². The number of hydrogen-bond acceptors (Lipinski definition) is 4. The van der Waals surface area contributed by atoms with Gasteiger partial charge < -0.3 is 20.5 Å². The van der Waals surface area contributed by atoms with Crippen LogP contribution < -0.4 is 10.5 Å². The molecule has 2 rings (SSSR count). The minimum atomic E-state index is -0.859. The number of amides is 2. The summed E-state index contributed by atoms with van der Waals surface area (Å²) in [5.41, 5.74) is 5.53. The molecule has 1 unspecified atom stereocenters. The zero-order valence-corrected chi connectivity index (χ0v) is 12.7. The normalized spacial score (nSPS) is 17.6. The largest absolute Gasteiger partial charge is 0.493 e. The quantitative estimate of drug-likeness (QED) is 0.808. The summed E-state index contributed by atoms with van der Waals surface area (Å²) in [5.74, 6) is -1.54. The van der Waals surface area contributed by atoms with Gasteiger partial charge in [0.25, 0.3) is 0 Å². The van der Waals surface area contributed by atoms with E-state index < -0.39 is 17.8 Å². The highest BCUT2D eigenvalue weighted by molar-refractivity contribution is 5.93. The number of nitrogens with zero attached hydrogens (tertiary/aromatic N) is 1. The average molecular weight is 320 g/mol. The molecule has 1 aromatic carbocycles. The van der Waals surface area contributed by atoms with Gasteiger partial charge in [-0.25, -0.2) is 0 Å². The first kappa shape index (κ1) is 16.8. The Labute approximate surface area is 134 Å². The van der Waals surface area contributed by atoms with Gasteiger partial charge >= 0.3 is 5.97 Å². The first-order chi connectivity index (χ1) is 11.0. The molecule has 124 valence electrons. The highest BCUT2D eigenvalue weighted by Crippen LogP contribution is 2.18. The number of primary amides is 1. The van der Waals surface area contributed by atoms with Crippen molar-refractivity contribution >= 4 is 17.8 Å². The maximum atomic E-state index is 12.1. The highest BCUT2D eigenvalue weighted by atomic mass is 16.5. The van der Waals surface area contributed by atoms with Crippen molar-refractivity contribution in [3.05, 3.63) is 29.8 Å². The lowest BCUT2D eigenvalue weighted by atomic mass is 9.98. The van der Waals surface area contributed by atoms with Crippen molar-refractivity contribution < 1.29 is 24.2 Å². The summed E-state index contributed by atoms with van der Waals surface area (Å²) in [6.07, 6.45) is 1.47. The van der Waals surface area contributed by atoms with Gasteiger partial charge in [-0.05, 0) is 31.0 Å². The molecule has 2 amide bonds. The fraction of sp³-hybridized carbons (Fsp3) is 0.438. The predicted molar refractivity (Wildman–Crippen MR) is 82.0 cm³/mol. The van der Waals surface area contributed by atoms with Gasteiger partial charge in [0.05, 0.1) is 18.9 Å². The molecular formula is C16H20N2O5. The van der Waals surface area contributed by atoms with Gasteiger partial charge in [-0.1, -0.05) is 6.07 Å². The van der Waals surface area contributed by atoms with E-state index in [0.717, 1.165) is 0 Å². The van der Waals surface area contributed by atoms with Crippen LogP contribution in [0.2, 0.25) is 0 Å². The first-order valence-electron chi connectivity index (χ1n) is 7.50. The highest BCUT2D eigenvalue weighted by Gasteiger charge is 2.27. The van der Waals surface area contributed by atoms with Crippen LogP contribution in [0.3, 0.4) is 0 Å². The molecule has 3 N–H and O–H groups in total. The Morgan fingerprint density at radius 1 is 1.35 bits per heavy atom. The molecule has 0 aromatic heterocycles. The maximum Gasteiger partial charge on any atom is 0.308 e. The Hall–Kier alpha value is -2.57. The number of rotatable bonds is 6. The van der Waals surface area contributed by atoms with Crippen molar-refractivity contribution in [3.63, 3.8) is 0 Å². The number of carboxylic acids is 1. The van der Waals surface area contributed by atoms with Crippen molar-refractivity contribution in [2.45, 2.75) is 19.3 Å². The van der Waals surface area contributed by atoms with E-state index in [9.17, 15) is 14.4 Å². The van der Waals surface area contributed by atoms with E-state index in [0.29, 0.717) is 30.7 Å². The average Bonchev–Trinajstić information content (AvgIpc) is 2.55. The van der Waals surface area contributed by atoms with Gasteiger partial charge in [0, 0.05) is 18.7 Å². The van der Waals surface area contributed by atoms with Gasteiger partial charge in [-0.3, -0.25) is 14.4 Å². The number of hydrogen-bond donors (Lipinski definition) is 2. The summed E-state index contributed by atoms with van der Waals surface area (Å²) in [5, 5.41) is 9.03. The zero-order chi connectivity index (χ0) is 16.8. The van der Waals surface area contributed by atoms with Gasteiger partial charge in [-0.15, -0.1) is 0 Å².